The summed E-state index contributed by atoms with van der Waals surface area (Å²) in [5.41, 5.74) is 0. The molecule has 19 heteroatoms. The number of hydrogen-bond donors (Lipinski definition) is 3. The summed E-state index contributed by atoms with van der Waals surface area (Å²) in [6.07, 6.45) is 73.7. The third-order valence-electron chi connectivity index (χ3n) is 20.9. The molecule has 0 saturated heterocycles. The quantitative estimate of drug-likeness (QED) is 0.0222. The van der Waals surface area contributed by atoms with Gasteiger partial charge in [0, 0.05) is 25.7 Å². The Kier molecular flexibility index (Phi) is 78.2. The highest BCUT2D eigenvalue weighted by molar-refractivity contribution is 7.47. The largest absolute Gasteiger partial charge is 0.472 e. The van der Waals surface area contributed by atoms with Crippen molar-refractivity contribution in [1.29, 1.82) is 0 Å². The highest BCUT2D eigenvalue weighted by Crippen LogP contribution is 2.45. The van der Waals surface area contributed by atoms with Crippen LogP contribution in [0.2, 0.25) is 0 Å². The monoisotopic (exact) mass is 1550 g/mol. The molecular weight excluding hydrogens is 1380 g/mol. The molecule has 0 radical (unpaired) electrons. The Balaban J connectivity index is 5.23. The van der Waals surface area contributed by atoms with Gasteiger partial charge in [-0.25, -0.2) is 9.13 Å². The average Bonchev–Trinajstić information content (AvgIpc) is 0.901. The van der Waals surface area contributed by atoms with Crippen LogP contribution >= 0.6 is 15.6 Å². The number of carbonyl (C=O) groups excluding carboxylic acids is 4. The Morgan fingerprint density at radius 1 is 0.264 bits per heavy atom. The molecule has 106 heavy (non-hydrogen) atoms. The summed E-state index contributed by atoms with van der Waals surface area (Å²) in [5, 5.41) is 10.7. The first-order valence-corrected chi connectivity index (χ1v) is 48.2. The fourth-order valence-electron chi connectivity index (χ4n) is 13.6. The van der Waals surface area contributed by atoms with Crippen molar-refractivity contribution < 1.29 is 80.2 Å². The molecule has 0 rings (SSSR count). The fraction of sp³-hybridized carbons (Fsp3) is 0.954. The maximum Gasteiger partial charge on any atom is 0.472 e. The SMILES string of the molecule is CCCCCCCCCCCCCCCCCCCCCCC(=O)O[C@H](COC(=O)CCCCCCCCCCCCCCCCCCCC)COP(=O)(O)OC[C@@H](O)COP(=O)(O)OC[C@@H](COC(=O)CCCCCCCCC(C)CC)OC(=O)CCCCCCCCCCCCCCCCCCCC. The van der Waals surface area contributed by atoms with Crippen LogP contribution in [-0.2, 0) is 65.4 Å². The number of aliphatic hydroxyl groups excluding tert-OH is 1. The second-order valence-electron chi connectivity index (χ2n) is 31.5. The van der Waals surface area contributed by atoms with Gasteiger partial charge in [-0.1, -0.05) is 420 Å². The number of aliphatic hydroxyl groups is 1. The van der Waals surface area contributed by atoms with E-state index in [9.17, 15) is 43.2 Å². The van der Waals surface area contributed by atoms with E-state index < -0.39 is 97.5 Å². The Bertz CT molecular complexity index is 2020. The number of hydrogen-bond acceptors (Lipinski definition) is 15. The van der Waals surface area contributed by atoms with Gasteiger partial charge >= 0.3 is 39.5 Å². The van der Waals surface area contributed by atoms with Gasteiger partial charge in [0.1, 0.15) is 19.3 Å². The molecule has 17 nitrogen and oxygen atoms in total. The van der Waals surface area contributed by atoms with E-state index in [1.54, 1.807) is 0 Å². The molecule has 0 aliphatic rings. The van der Waals surface area contributed by atoms with Crippen molar-refractivity contribution in [3.8, 4) is 0 Å². The van der Waals surface area contributed by atoms with Crippen molar-refractivity contribution in [1.82, 2.24) is 0 Å². The summed E-state index contributed by atoms with van der Waals surface area (Å²) in [5.74, 6) is -1.37. The van der Waals surface area contributed by atoms with E-state index in [1.165, 1.54) is 289 Å². The lowest BCUT2D eigenvalue weighted by Crippen LogP contribution is -2.30. The van der Waals surface area contributed by atoms with E-state index in [0.29, 0.717) is 25.7 Å². The van der Waals surface area contributed by atoms with Gasteiger partial charge in [0.25, 0.3) is 0 Å². The van der Waals surface area contributed by atoms with Crippen LogP contribution in [0, 0.1) is 5.92 Å². The normalized spacial score (nSPS) is 14.0. The zero-order valence-corrected chi connectivity index (χ0v) is 71.4. The molecule has 6 atom stereocenters. The highest BCUT2D eigenvalue weighted by atomic mass is 31.2. The molecule has 0 spiro atoms. The van der Waals surface area contributed by atoms with Crippen molar-refractivity contribution in [2.24, 2.45) is 5.92 Å². The van der Waals surface area contributed by atoms with Crippen molar-refractivity contribution in [2.45, 2.75) is 490 Å². The molecule has 3 N–H and O–H groups in total. The van der Waals surface area contributed by atoms with Crippen LogP contribution in [-0.4, -0.2) is 96.7 Å². The summed E-state index contributed by atoms with van der Waals surface area (Å²) in [4.78, 5) is 73.3. The van der Waals surface area contributed by atoms with Crippen LogP contribution in [0.3, 0.4) is 0 Å². The predicted octanol–water partition coefficient (Wildman–Crippen LogP) is 26.8. The van der Waals surface area contributed by atoms with Gasteiger partial charge in [-0.15, -0.1) is 0 Å². The van der Waals surface area contributed by atoms with E-state index in [-0.39, 0.29) is 25.7 Å². The van der Waals surface area contributed by atoms with E-state index in [0.717, 1.165) is 102 Å². The minimum absolute atomic E-state index is 0.108. The minimum Gasteiger partial charge on any atom is -0.462 e. The third kappa shape index (κ3) is 78.7. The first-order chi connectivity index (χ1) is 51.6. The smallest absolute Gasteiger partial charge is 0.462 e. The zero-order valence-electron chi connectivity index (χ0n) is 69.6. The van der Waals surface area contributed by atoms with Gasteiger partial charge in [-0.3, -0.25) is 37.3 Å². The molecule has 3 unspecified atom stereocenters. The zero-order chi connectivity index (χ0) is 77.6. The average molecular weight is 1550 g/mol. The van der Waals surface area contributed by atoms with E-state index in [4.69, 9.17) is 37.0 Å². The lowest BCUT2D eigenvalue weighted by Gasteiger charge is -2.21. The molecule has 0 bridgehead atoms. The van der Waals surface area contributed by atoms with Crippen molar-refractivity contribution in [2.75, 3.05) is 39.6 Å². The lowest BCUT2D eigenvalue weighted by atomic mass is 10.00. The first kappa shape index (κ1) is 104. The summed E-state index contributed by atoms with van der Waals surface area (Å²) in [7, 11) is -9.93. The molecule has 630 valence electrons. The van der Waals surface area contributed by atoms with Gasteiger partial charge in [0.15, 0.2) is 12.2 Å². The molecule has 0 heterocycles. The Morgan fingerprint density at radius 2 is 0.453 bits per heavy atom. The van der Waals surface area contributed by atoms with Crippen molar-refractivity contribution in [3.05, 3.63) is 0 Å². The topological polar surface area (TPSA) is 237 Å². The predicted molar refractivity (Wildman–Crippen MR) is 437 cm³/mol. The highest BCUT2D eigenvalue weighted by Gasteiger charge is 2.30. The maximum absolute atomic E-state index is 13.2. The summed E-state index contributed by atoms with van der Waals surface area (Å²) in [6.45, 7) is 7.33. The number of carbonyl (C=O) groups is 4. The fourth-order valence-corrected chi connectivity index (χ4v) is 15.2. The molecular formula is C87H170O17P2. The molecule has 0 aliphatic carbocycles. The lowest BCUT2D eigenvalue weighted by molar-refractivity contribution is -0.161. The number of phosphoric ester groups is 2. The van der Waals surface area contributed by atoms with Gasteiger partial charge in [0.2, 0.25) is 0 Å². The van der Waals surface area contributed by atoms with Crippen LogP contribution < -0.4 is 0 Å². The molecule has 0 aliphatic heterocycles. The molecule has 0 fully saturated rings. The van der Waals surface area contributed by atoms with E-state index in [1.807, 2.05) is 0 Å². The van der Waals surface area contributed by atoms with Crippen LogP contribution in [0.5, 0.6) is 0 Å². The van der Waals surface area contributed by atoms with Gasteiger partial charge in [-0.05, 0) is 31.6 Å². The maximum atomic E-state index is 13.2. The van der Waals surface area contributed by atoms with Crippen molar-refractivity contribution in [3.63, 3.8) is 0 Å². The second-order valence-corrected chi connectivity index (χ2v) is 34.4. The van der Waals surface area contributed by atoms with E-state index in [2.05, 4.69) is 34.6 Å². The van der Waals surface area contributed by atoms with Crippen molar-refractivity contribution >= 4 is 39.5 Å². The summed E-state index contributed by atoms with van der Waals surface area (Å²) in [6, 6.07) is 0. The number of esters is 4. The number of rotatable bonds is 87. The van der Waals surface area contributed by atoms with Gasteiger partial charge in [-0.2, -0.15) is 0 Å². The Morgan fingerprint density at radius 3 is 0.670 bits per heavy atom. The Hall–Kier alpha value is -1.94. The molecule has 0 aromatic rings. The summed E-state index contributed by atoms with van der Waals surface area (Å²) >= 11 is 0. The summed E-state index contributed by atoms with van der Waals surface area (Å²) < 4.78 is 68.9. The van der Waals surface area contributed by atoms with Gasteiger partial charge < -0.3 is 33.8 Å². The van der Waals surface area contributed by atoms with Gasteiger partial charge in [0.05, 0.1) is 26.4 Å². The molecule has 0 amide bonds. The van der Waals surface area contributed by atoms with Crippen LogP contribution in [0.4, 0.5) is 0 Å². The number of unbranched alkanes of at least 4 members (excludes halogenated alkanes) is 58. The van der Waals surface area contributed by atoms with Crippen LogP contribution in [0.15, 0.2) is 0 Å². The molecule has 0 aromatic heterocycles. The van der Waals surface area contributed by atoms with Crippen LogP contribution in [0.1, 0.15) is 471 Å². The molecule has 0 aromatic carbocycles. The second kappa shape index (κ2) is 79.7. The third-order valence-corrected chi connectivity index (χ3v) is 22.8. The number of ether oxygens (including phenoxy) is 4. The van der Waals surface area contributed by atoms with Crippen LogP contribution in [0.25, 0.3) is 0 Å². The molecule has 0 saturated carbocycles. The Labute approximate surface area is 651 Å². The number of phosphoric acid groups is 2. The first-order valence-electron chi connectivity index (χ1n) is 45.2. The standard InChI is InChI=1S/C87H170O17P2/c1-6-10-13-16-19-22-25-28-31-34-37-38-41-44-47-50-53-56-63-67-72-86(91)103-82(76-97-84(89)70-65-60-54-51-48-45-42-39-35-32-29-26-23-20-17-14-11-7-2)78-101-105(93,94)99-74-81(88)75-100-106(95,96)102-79-83(77-98-85(90)71-66-61-58-57-59-64-69-80(5)9-4)104-87(92)73-68-62-55-52-49-46-43-40-36-33-30-27-24-21-18-15-12-8-3/h80-83,88H,6-79H2,1-5H3,(H,93,94)(H,95,96)/t80?,81-,82-,83-/m1/s1. The minimum atomic E-state index is -4.97. The van der Waals surface area contributed by atoms with E-state index >= 15 is 0 Å².